The second-order valence-electron chi connectivity index (χ2n) is 6.47. The Hall–Kier alpha value is -1.13. The molecular weight excluding hydrogens is 260 g/mol. The normalized spacial score (nSPS) is 26.1. The quantitative estimate of drug-likeness (QED) is 0.842. The number of fused-ring (bicyclic) bond motifs is 2. The van der Waals surface area contributed by atoms with Crippen molar-refractivity contribution in [2.24, 2.45) is 0 Å². The highest BCUT2D eigenvalue weighted by molar-refractivity contribution is 5.47. The Bertz CT molecular complexity index is 462. The minimum atomic E-state index is 0.729. The van der Waals surface area contributed by atoms with Gasteiger partial charge in [0.25, 0.3) is 0 Å². The van der Waals surface area contributed by atoms with Crippen LogP contribution in [0.5, 0.6) is 0 Å². The summed E-state index contributed by atoms with van der Waals surface area (Å²) in [6, 6.07) is 5.96. The molecule has 0 amide bonds. The van der Waals surface area contributed by atoms with Gasteiger partial charge in [-0.2, -0.15) is 0 Å². The summed E-state index contributed by atoms with van der Waals surface area (Å²) >= 11 is 0. The van der Waals surface area contributed by atoms with Gasteiger partial charge in [0.1, 0.15) is 0 Å². The van der Waals surface area contributed by atoms with Gasteiger partial charge in [-0.15, -0.1) is 0 Å². The highest BCUT2D eigenvalue weighted by Crippen LogP contribution is 2.30. The van der Waals surface area contributed by atoms with Crippen molar-refractivity contribution in [1.82, 2.24) is 15.2 Å². The number of nitrogens with zero attached hydrogens (tertiary/aromatic N) is 3. The molecule has 116 valence electrons. The van der Waals surface area contributed by atoms with Gasteiger partial charge in [0.05, 0.1) is 5.69 Å². The summed E-state index contributed by atoms with van der Waals surface area (Å²) in [6.45, 7) is 6.47. The molecule has 1 N–H and O–H groups in total. The van der Waals surface area contributed by atoms with Crippen LogP contribution in [0.1, 0.15) is 38.3 Å². The van der Waals surface area contributed by atoms with Crippen LogP contribution in [0.4, 0.5) is 5.69 Å². The molecule has 2 atom stereocenters. The summed E-state index contributed by atoms with van der Waals surface area (Å²) < 4.78 is 0. The Labute approximate surface area is 128 Å². The maximum absolute atomic E-state index is 4.49. The predicted octanol–water partition coefficient (Wildman–Crippen LogP) is 2.25. The Morgan fingerprint density at radius 2 is 2.14 bits per heavy atom. The van der Waals surface area contributed by atoms with Crippen molar-refractivity contribution >= 4 is 5.69 Å². The second kappa shape index (κ2) is 6.75. The van der Waals surface area contributed by atoms with E-state index in [-0.39, 0.29) is 0 Å². The minimum Gasteiger partial charge on any atom is -0.370 e. The summed E-state index contributed by atoms with van der Waals surface area (Å²) in [5.41, 5.74) is 2.50. The molecular formula is C17H28N4. The topological polar surface area (TPSA) is 31.4 Å². The minimum absolute atomic E-state index is 0.729. The molecule has 21 heavy (non-hydrogen) atoms. The summed E-state index contributed by atoms with van der Waals surface area (Å²) in [6.07, 6.45) is 7.16. The molecule has 4 nitrogen and oxygen atoms in total. The van der Waals surface area contributed by atoms with Crippen LogP contribution in [0, 0.1) is 0 Å². The van der Waals surface area contributed by atoms with Crippen molar-refractivity contribution in [3.05, 3.63) is 24.0 Å². The fourth-order valence-electron chi connectivity index (χ4n) is 3.70. The van der Waals surface area contributed by atoms with E-state index in [2.05, 4.69) is 46.2 Å². The number of likely N-dealkylation sites (N-methyl/N-ethyl adjacent to an activating group) is 1. The Kier molecular flexibility index (Phi) is 4.76. The first-order chi connectivity index (χ1) is 10.3. The molecule has 2 saturated heterocycles. The van der Waals surface area contributed by atoms with Crippen LogP contribution >= 0.6 is 0 Å². The molecule has 0 saturated carbocycles. The molecule has 2 fully saturated rings. The van der Waals surface area contributed by atoms with Crippen LogP contribution in [0.3, 0.4) is 0 Å². The third-order valence-electron chi connectivity index (χ3n) is 5.05. The highest BCUT2D eigenvalue weighted by Gasteiger charge is 2.34. The van der Waals surface area contributed by atoms with Crippen molar-refractivity contribution in [1.29, 1.82) is 0 Å². The van der Waals surface area contributed by atoms with Crippen LogP contribution in [0.25, 0.3) is 0 Å². The van der Waals surface area contributed by atoms with Gasteiger partial charge in [0, 0.05) is 43.6 Å². The van der Waals surface area contributed by atoms with E-state index in [1.54, 1.807) is 0 Å². The zero-order chi connectivity index (χ0) is 14.7. The Morgan fingerprint density at radius 3 is 3.00 bits per heavy atom. The van der Waals surface area contributed by atoms with Crippen LogP contribution in [-0.4, -0.2) is 48.6 Å². The summed E-state index contributed by atoms with van der Waals surface area (Å²) in [5, 5.41) is 3.44. The molecule has 2 aliphatic heterocycles. The molecule has 1 aromatic heterocycles. The maximum atomic E-state index is 4.49. The molecule has 2 aliphatic rings. The first kappa shape index (κ1) is 14.8. The average Bonchev–Trinajstić information content (AvgIpc) is 2.73. The lowest BCUT2D eigenvalue weighted by Crippen LogP contribution is -2.36. The lowest BCUT2D eigenvalue weighted by Gasteiger charge is -2.27. The number of aromatic nitrogens is 1. The van der Waals surface area contributed by atoms with E-state index in [0.717, 1.165) is 30.9 Å². The van der Waals surface area contributed by atoms with Crippen molar-refractivity contribution < 1.29 is 0 Å². The molecule has 0 radical (unpaired) electrons. The monoisotopic (exact) mass is 288 g/mol. The molecule has 2 unspecified atom stereocenters. The zero-order valence-electron chi connectivity index (χ0n) is 13.4. The first-order valence-electron chi connectivity index (χ1n) is 8.40. The van der Waals surface area contributed by atoms with Gasteiger partial charge in [-0.05, 0) is 51.4 Å². The molecule has 3 rings (SSSR count). The van der Waals surface area contributed by atoms with Crippen molar-refractivity contribution in [2.45, 2.75) is 51.2 Å². The fourth-order valence-corrected chi connectivity index (χ4v) is 3.70. The smallest absolute Gasteiger partial charge is 0.0562 e. The molecule has 0 aromatic carbocycles. The average molecular weight is 288 g/mol. The van der Waals surface area contributed by atoms with E-state index in [1.807, 2.05) is 6.20 Å². The van der Waals surface area contributed by atoms with Gasteiger partial charge in [-0.1, -0.05) is 6.92 Å². The molecule has 1 aromatic rings. The zero-order valence-corrected chi connectivity index (χ0v) is 13.4. The number of hydrogen-bond acceptors (Lipinski definition) is 4. The summed E-state index contributed by atoms with van der Waals surface area (Å²) in [7, 11) is 2.30. The second-order valence-corrected chi connectivity index (χ2v) is 6.47. The van der Waals surface area contributed by atoms with E-state index < -0.39 is 0 Å². The largest absolute Gasteiger partial charge is 0.370 e. The Balaban J connectivity index is 1.67. The fraction of sp³-hybridized carbons (Fsp3) is 0.706. The van der Waals surface area contributed by atoms with Crippen molar-refractivity contribution in [2.75, 3.05) is 31.6 Å². The van der Waals surface area contributed by atoms with Crippen LogP contribution in [-0.2, 0) is 6.54 Å². The molecule has 3 heterocycles. The van der Waals surface area contributed by atoms with Gasteiger partial charge in [0.2, 0.25) is 0 Å². The van der Waals surface area contributed by atoms with Gasteiger partial charge < -0.3 is 10.2 Å². The number of pyridine rings is 1. The summed E-state index contributed by atoms with van der Waals surface area (Å²) in [5.74, 6) is 0. The number of rotatable bonds is 5. The van der Waals surface area contributed by atoms with Gasteiger partial charge in [-0.3, -0.25) is 9.88 Å². The number of nitrogens with one attached hydrogen (secondary N) is 1. The van der Waals surface area contributed by atoms with Crippen molar-refractivity contribution in [3.63, 3.8) is 0 Å². The van der Waals surface area contributed by atoms with Crippen molar-refractivity contribution in [3.8, 4) is 0 Å². The maximum Gasteiger partial charge on any atom is 0.0562 e. The van der Waals surface area contributed by atoms with E-state index in [9.17, 15) is 0 Å². The number of hydrogen-bond donors (Lipinski definition) is 1. The van der Waals surface area contributed by atoms with Gasteiger partial charge >= 0.3 is 0 Å². The van der Waals surface area contributed by atoms with Crippen LogP contribution in [0.15, 0.2) is 18.3 Å². The summed E-state index contributed by atoms with van der Waals surface area (Å²) in [4.78, 5) is 9.66. The molecule has 0 spiro atoms. The van der Waals surface area contributed by atoms with Gasteiger partial charge in [-0.25, -0.2) is 0 Å². The molecule has 0 aliphatic carbocycles. The van der Waals surface area contributed by atoms with E-state index in [4.69, 9.17) is 0 Å². The van der Waals surface area contributed by atoms with E-state index >= 15 is 0 Å². The lowest BCUT2D eigenvalue weighted by atomic mass is 10.1. The van der Waals surface area contributed by atoms with E-state index in [0.29, 0.717) is 0 Å². The molecule has 4 heteroatoms. The highest BCUT2D eigenvalue weighted by atomic mass is 15.3. The lowest BCUT2D eigenvalue weighted by molar-refractivity contribution is 0.254. The molecule has 2 bridgehead atoms. The standard InChI is InChI=1S/C17H28N4/c1-3-8-18-12-14-11-16(6-9-19-14)21-10-7-15-4-5-17(13-21)20(15)2/h6,9,11,15,17-18H,3-5,7-8,10,12-13H2,1-2H3. The SMILES string of the molecule is CCCNCc1cc(N2CCC3CCC(C2)N3C)ccn1. The third-order valence-corrected chi connectivity index (χ3v) is 5.05. The number of anilines is 1. The predicted molar refractivity (Wildman–Crippen MR) is 87.6 cm³/mol. The Morgan fingerprint density at radius 1 is 1.29 bits per heavy atom. The van der Waals surface area contributed by atoms with E-state index in [1.165, 1.54) is 44.5 Å². The van der Waals surface area contributed by atoms with Gasteiger partial charge in [0.15, 0.2) is 0 Å². The third kappa shape index (κ3) is 3.38. The first-order valence-corrected chi connectivity index (χ1v) is 8.40. The van der Waals surface area contributed by atoms with Crippen LogP contribution < -0.4 is 10.2 Å². The van der Waals surface area contributed by atoms with Crippen LogP contribution in [0.2, 0.25) is 0 Å².